The van der Waals surface area contributed by atoms with Gasteiger partial charge in [-0.05, 0) is 81.1 Å². The molecule has 2 N–H and O–H groups in total. The zero-order chi connectivity index (χ0) is 14.9. The van der Waals surface area contributed by atoms with Crippen LogP contribution in [0.5, 0.6) is 0 Å². The summed E-state index contributed by atoms with van der Waals surface area (Å²) < 4.78 is 0. The van der Waals surface area contributed by atoms with Gasteiger partial charge in [0.25, 0.3) is 0 Å². The third kappa shape index (κ3) is 3.44. The molecule has 0 heterocycles. The van der Waals surface area contributed by atoms with Crippen LogP contribution in [0, 0.1) is 23.2 Å². The summed E-state index contributed by atoms with van der Waals surface area (Å²) in [6, 6.07) is 0. The maximum absolute atomic E-state index is 12.6. The Labute approximate surface area is 129 Å². The van der Waals surface area contributed by atoms with Crippen LogP contribution in [0.25, 0.3) is 0 Å². The van der Waals surface area contributed by atoms with E-state index >= 15 is 0 Å². The van der Waals surface area contributed by atoms with Crippen molar-refractivity contribution >= 4 is 5.91 Å². The smallest absolute Gasteiger partial charge is 0.222 e. The number of nitrogens with two attached hydrogens (primary N) is 1. The molecular weight excluding hydrogens is 260 g/mol. The molecule has 4 rings (SSSR count). The van der Waals surface area contributed by atoms with Gasteiger partial charge in [-0.3, -0.25) is 4.79 Å². The van der Waals surface area contributed by atoms with Crippen molar-refractivity contribution in [1.82, 2.24) is 4.90 Å². The molecule has 120 valence electrons. The van der Waals surface area contributed by atoms with E-state index in [-0.39, 0.29) is 0 Å². The van der Waals surface area contributed by atoms with Crippen molar-refractivity contribution in [2.75, 3.05) is 20.1 Å². The first-order valence-corrected chi connectivity index (χ1v) is 9.04. The zero-order valence-corrected chi connectivity index (χ0v) is 13.7. The second-order valence-electron chi connectivity index (χ2n) is 8.26. The van der Waals surface area contributed by atoms with Crippen LogP contribution in [-0.4, -0.2) is 30.9 Å². The standard InChI is InChI=1S/C18H32N2O/c1-20(6-4-2-3-5-19)17(21)13-18-10-14-7-15(11-18)9-16(8-14)12-18/h14-16H,2-13,19H2,1H3. The van der Waals surface area contributed by atoms with Gasteiger partial charge < -0.3 is 10.6 Å². The van der Waals surface area contributed by atoms with E-state index in [1.54, 1.807) is 0 Å². The Bertz CT molecular complexity index is 344. The largest absolute Gasteiger partial charge is 0.346 e. The van der Waals surface area contributed by atoms with Crippen LogP contribution < -0.4 is 5.73 Å². The van der Waals surface area contributed by atoms with Crippen molar-refractivity contribution in [2.24, 2.45) is 28.9 Å². The van der Waals surface area contributed by atoms with Gasteiger partial charge in [-0.1, -0.05) is 6.42 Å². The number of carbonyl (C=O) groups excluding carboxylic acids is 1. The van der Waals surface area contributed by atoms with Crippen LogP contribution in [0.3, 0.4) is 0 Å². The molecule has 4 fully saturated rings. The molecule has 4 aliphatic carbocycles. The quantitative estimate of drug-likeness (QED) is 0.733. The number of carbonyl (C=O) groups is 1. The predicted octanol–water partition coefficient (Wildman–Crippen LogP) is 3.18. The first-order chi connectivity index (χ1) is 10.1. The van der Waals surface area contributed by atoms with Crippen LogP contribution >= 0.6 is 0 Å². The van der Waals surface area contributed by atoms with E-state index in [9.17, 15) is 4.79 Å². The number of nitrogens with zero attached hydrogens (tertiary/aromatic N) is 1. The summed E-state index contributed by atoms with van der Waals surface area (Å²) in [4.78, 5) is 14.6. The van der Waals surface area contributed by atoms with Gasteiger partial charge in [0.1, 0.15) is 0 Å². The Kier molecular flexibility index (Phi) is 4.58. The molecule has 0 spiro atoms. The molecule has 1 amide bonds. The zero-order valence-electron chi connectivity index (χ0n) is 13.7. The van der Waals surface area contributed by atoms with Crippen LogP contribution in [-0.2, 0) is 4.79 Å². The van der Waals surface area contributed by atoms with Gasteiger partial charge in [-0.15, -0.1) is 0 Å². The summed E-state index contributed by atoms with van der Waals surface area (Å²) in [5.41, 5.74) is 5.91. The molecule has 21 heavy (non-hydrogen) atoms. The molecule has 0 aromatic heterocycles. The van der Waals surface area contributed by atoms with Gasteiger partial charge in [-0.25, -0.2) is 0 Å². The molecule has 0 radical (unpaired) electrons. The monoisotopic (exact) mass is 292 g/mol. The van der Waals surface area contributed by atoms with E-state index < -0.39 is 0 Å². The van der Waals surface area contributed by atoms with Crippen LogP contribution in [0.15, 0.2) is 0 Å². The van der Waals surface area contributed by atoms with Crippen molar-refractivity contribution in [3.63, 3.8) is 0 Å². The number of amides is 1. The van der Waals surface area contributed by atoms with Gasteiger partial charge in [-0.2, -0.15) is 0 Å². The molecule has 3 nitrogen and oxygen atoms in total. The second kappa shape index (κ2) is 6.28. The molecule has 4 saturated carbocycles. The normalized spacial score (nSPS) is 37.0. The summed E-state index contributed by atoms with van der Waals surface area (Å²) in [5, 5.41) is 0. The highest BCUT2D eigenvalue weighted by atomic mass is 16.2. The SMILES string of the molecule is CN(CCCCCN)C(=O)CC12CC3CC(CC(C3)C1)C2. The Morgan fingerprint density at radius 2 is 1.62 bits per heavy atom. The summed E-state index contributed by atoms with van der Waals surface area (Å²) in [7, 11) is 1.99. The first kappa shape index (κ1) is 15.3. The lowest BCUT2D eigenvalue weighted by Crippen LogP contribution is -2.48. The molecule has 0 saturated heterocycles. The van der Waals surface area contributed by atoms with Gasteiger partial charge in [0.05, 0.1) is 0 Å². The number of hydrogen-bond acceptors (Lipinski definition) is 2. The molecule has 4 aliphatic rings. The molecular formula is C18H32N2O. The maximum Gasteiger partial charge on any atom is 0.222 e. The Morgan fingerprint density at radius 3 is 2.14 bits per heavy atom. The minimum atomic E-state index is 0.386. The summed E-state index contributed by atoms with van der Waals surface area (Å²) >= 11 is 0. The van der Waals surface area contributed by atoms with Crippen molar-refractivity contribution in [3.05, 3.63) is 0 Å². The van der Waals surface area contributed by atoms with Crippen LogP contribution in [0.2, 0.25) is 0 Å². The van der Waals surface area contributed by atoms with E-state index in [4.69, 9.17) is 5.73 Å². The Morgan fingerprint density at radius 1 is 1.05 bits per heavy atom. The summed E-state index contributed by atoms with van der Waals surface area (Å²) in [5.74, 6) is 3.22. The van der Waals surface area contributed by atoms with Gasteiger partial charge in [0, 0.05) is 20.0 Å². The Balaban J connectivity index is 1.50. The number of hydrogen-bond donors (Lipinski definition) is 1. The second-order valence-corrected chi connectivity index (χ2v) is 8.26. The van der Waals surface area contributed by atoms with Gasteiger partial charge in [0.2, 0.25) is 5.91 Å². The van der Waals surface area contributed by atoms with E-state index in [1.807, 2.05) is 11.9 Å². The van der Waals surface area contributed by atoms with Gasteiger partial charge in [0.15, 0.2) is 0 Å². The number of unbranched alkanes of at least 4 members (excludes halogenated alkanes) is 2. The highest BCUT2D eigenvalue weighted by Gasteiger charge is 2.51. The third-order valence-electron chi connectivity index (χ3n) is 6.31. The maximum atomic E-state index is 12.6. The van der Waals surface area contributed by atoms with E-state index in [1.165, 1.54) is 38.5 Å². The van der Waals surface area contributed by atoms with Crippen molar-refractivity contribution in [1.29, 1.82) is 0 Å². The topological polar surface area (TPSA) is 46.3 Å². The lowest BCUT2D eigenvalue weighted by Gasteiger charge is -2.56. The molecule has 3 heteroatoms. The van der Waals surface area contributed by atoms with Crippen molar-refractivity contribution in [2.45, 2.75) is 64.2 Å². The van der Waals surface area contributed by atoms with Crippen LogP contribution in [0.4, 0.5) is 0 Å². The third-order valence-corrected chi connectivity index (χ3v) is 6.31. The minimum absolute atomic E-state index is 0.386. The molecule has 4 bridgehead atoms. The van der Waals surface area contributed by atoms with E-state index in [2.05, 4.69) is 0 Å². The molecule has 0 aromatic carbocycles. The van der Waals surface area contributed by atoms with Gasteiger partial charge >= 0.3 is 0 Å². The molecule has 0 aliphatic heterocycles. The summed E-state index contributed by atoms with van der Waals surface area (Å²) in [6.07, 6.45) is 12.5. The van der Waals surface area contributed by atoms with Crippen molar-refractivity contribution < 1.29 is 4.79 Å². The van der Waals surface area contributed by atoms with Crippen molar-refractivity contribution in [3.8, 4) is 0 Å². The predicted molar refractivity (Wildman–Crippen MR) is 85.8 cm³/mol. The molecule has 0 unspecified atom stereocenters. The minimum Gasteiger partial charge on any atom is -0.346 e. The van der Waals surface area contributed by atoms with E-state index in [0.29, 0.717) is 11.3 Å². The summed E-state index contributed by atoms with van der Waals surface area (Å²) in [6.45, 7) is 1.68. The van der Waals surface area contributed by atoms with E-state index in [0.717, 1.165) is 56.5 Å². The molecule has 0 aromatic rings. The number of rotatable bonds is 7. The van der Waals surface area contributed by atoms with Crippen LogP contribution in [0.1, 0.15) is 64.2 Å². The average Bonchev–Trinajstić information content (AvgIpc) is 2.41. The molecule has 0 atom stereocenters. The fourth-order valence-corrected chi connectivity index (χ4v) is 5.76. The first-order valence-electron chi connectivity index (χ1n) is 9.04. The highest BCUT2D eigenvalue weighted by Crippen LogP contribution is 2.61. The lowest BCUT2D eigenvalue weighted by molar-refractivity contribution is -0.138. The fraction of sp³-hybridized carbons (Fsp3) is 0.944. The average molecular weight is 292 g/mol. The Hall–Kier alpha value is -0.570. The fourth-order valence-electron chi connectivity index (χ4n) is 5.76. The highest BCUT2D eigenvalue weighted by molar-refractivity contribution is 5.76. The lowest BCUT2D eigenvalue weighted by atomic mass is 9.49.